The number of carbonyl (C=O) groups is 3. The third-order valence-corrected chi connectivity index (χ3v) is 5.93. The van der Waals surface area contributed by atoms with Gasteiger partial charge in [-0.3, -0.25) is 14.4 Å². The standard InChI is InChI=1S/C23H27N3O4S/c1-17-4-3-5-19(14-17)24-21(27)15-31-16-22(28)25-10-12-26(13-11-25)23(29)18-6-8-20(30-2)9-7-18/h3-9,14H,10-13,15-16H2,1-2H3,(H,24,27). The highest BCUT2D eigenvalue weighted by Gasteiger charge is 2.24. The molecule has 31 heavy (non-hydrogen) atoms. The molecule has 164 valence electrons. The number of anilines is 1. The largest absolute Gasteiger partial charge is 0.497 e. The molecule has 0 radical (unpaired) electrons. The number of piperazine rings is 1. The molecule has 7 nitrogen and oxygen atoms in total. The van der Waals surface area contributed by atoms with Gasteiger partial charge in [-0.1, -0.05) is 12.1 Å². The molecule has 0 saturated carbocycles. The zero-order valence-electron chi connectivity index (χ0n) is 17.8. The molecule has 1 saturated heterocycles. The Morgan fingerprint density at radius 3 is 2.29 bits per heavy atom. The van der Waals surface area contributed by atoms with Gasteiger partial charge in [-0.15, -0.1) is 11.8 Å². The topological polar surface area (TPSA) is 79.0 Å². The highest BCUT2D eigenvalue weighted by molar-refractivity contribution is 8.00. The van der Waals surface area contributed by atoms with Crippen molar-refractivity contribution in [3.05, 3.63) is 59.7 Å². The molecule has 0 bridgehead atoms. The van der Waals surface area contributed by atoms with Gasteiger partial charge in [-0.05, 0) is 48.9 Å². The Hall–Kier alpha value is -3.00. The van der Waals surface area contributed by atoms with Crippen LogP contribution in [0.5, 0.6) is 5.75 Å². The minimum atomic E-state index is -0.127. The van der Waals surface area contributed by atoms with Crippen LogP contribution in [0, 0.1) is 6.92 Å². The van der Waals surface area contributed by atoms with E-state index in [-0.39, 0.29) is 29.2 Å². The summed E-state index contributed by atoms with van der Waals surface area (Å²) in [6, 6.07) is 14.6. The van der Waals surface area contributed by atoms with Crippen LogP contribution in [0.4, 0.5) is 5.69 Å². The molecule has 3 amide bonds. The zero-order valence-corrected chi connectivity index (χ0v) is 18.6. The number of carbonyl (C=O) groups excluding carboxylic acids is 3. The number of methoxy groups -OCH3 is 1. The minimum absolute atomic E-state index is 0.00935. The van der Waals surface area contributed by atoms with Gasteiger partial charge >= 0.3 is 0 Å². The summed E-state index contributed by atoms with van der Waals surface area (Å²) in [5, 5.41) is 2.84. The average Bonchev–Trinajstić information content (AvgIpc) is 2.78. The van der Waals surface area contributed by atoms with E-state index in [0.717, 1.165) is 11.3 Å². The summed E-state index contributed by atoms with van der Waals surface area (Å²) in [6.45, 7) is 3.95. The summed E-state index contributed by atoms with van der Waals surface area (Å²) in [6.07, 6.45) is 0. The van der Waals surface area contributed by atoms with Crippen molar-refractivity contribution in [3.63, 3.8) is 0 Å². The molecule has 8 heteroatoms. The van der Waals surface area contributed by atoms with Gasteiger partial charge in [0.25, 0.3) is 5.91 Å². The van der Waals surface area contributed by atoms with Crippen molar-refractivity contribution in [1.29, 1.82) is 0 Å². The third-order valence-electron chi connectivity index (χ3n) is 5.02. The highest BCUT2D eigenvalue weighted by Crippen LogP contribution is 2.15. The van der Waals surface area contributed by atoms with E-state index in [2.05, 4.69) is 5.32 Å². The fraction of sp³-hybridized carbons (Fsp3) is 0.348. The van der Waals surface area contributed by atoms with Crippen LogP contribution >= 0.6 is 11.8 Å². The van der Waals surface area contributed by atoms with Crippen LogP contribution < -0.4 is 10.1 Å². The Morgan fingerprint density at radius 1 is 0.968 bits per heavy atom. The molecule has 1 N–H and O–H groups in total. The van der Waals surface area contributed by atoms with Gasteiger partial charge in [0.2, 0.25) is 11.8 Å². The predicted molar refractivity (Wildman–Crippen MR) is 123 cm³/mol. The molecule has 0 unspecified atom stereocenters. The van der Waals surface area contributed by atoms with Crippen molar-refractivity contribution in [2.75, 3.05) is 50.1 Å². The van der Waals surface area contributed by atoms with Crippen LogP contribution in [0.3, 0.4) is 0 Å². The number of hydrogen-bond acceptors (Lipinski definition) is 5. The van der Waals surface area contributed by atoms with Crippen molar-refractivity contribution in [3.8, 4) is 5.75 Å². The van der Waals surface area contributed by atoms with E-state index >= 15 is 0 Å². The van der Waals surface area contributed by atoms with Crippen molar-refractivity contribution >= 4 is 35.2 Å². The number of rotatable bonds is 7. The van der Waals surface area contributed by atoms with Gasteiger partial charge in [0.1, 0.15) is 5.75 Å². The third kappa shape index (κ3) is 6.49. The fourth-order valence-electron chi connectivity index (χ4n) is 3.32. The van der Waals surface area contributed by atoms with E-state index in [4.69, 9.17) is 4.74 Å². The summed E-state index contributed by atoms with van der Waals surface area (Å²) in [4.78, 5) is 40.7. The molecule has 1 aliphatic rings. The quantitative estimate of drug-likeness (QED) is 0.715. The monoisotopic (exact) mass is 441 g/mol. The van der Waals surface area contributed by atoms with Gasteiger partial charge < -0.3 is 19.9 Å². The smallest absolute Gasteiger partial charge is 0.253 e. The summed E-state index contributed by atoms with van der Waals surface area (Å²) in [7, 11) is 1.59. The molecule has 1 aliphatic heterocycles. The first kappa shape index (κ1) is 22.7. The first-order chi connectivity index (χ1) is 15.0. The second-order valence-corrected chi connectivity index (χ2v) is 8.30. The molecule has 0 aliphatic carbocycles. The summed E-state index contributed by atoms with van der Waals surface area (Å²) < 4.78 is 5.12. The summed E-state index contributed by atoms with van der Waals surface area (Å²) in [5.41, 5.74) is 2.44. The maximum Gasteiger partial charge on any atom is 0.253 e. The summed E-state index contributed by atoms with van der Waals surface area (Å²) >= 11 is 1.30. The van der Waals surface area contributed by atoms with Crippen LogP contribution in [-0.4, -0.2) is 72.3 Å². The van der Waals surface area contributed by atoms with Gasteiger partial charge in [-0.25, -0.2) is 0 Å². The molecule has 2 aromatic carbocycles. The van der Waals surface area contributed by atoms with E-state index in [9.17, 15) is 14.4 Å². The first-order valence-corrected chi connectivity index (χ1v) is 11.3. The van der Waals surface area contributed by atoms with Crippen molar-refractivity contribution in [2.45, 2.75) is 6.92 Å². The van der Waals surface area contributed by atoms with Gasteiger partial charge in [0, 0.05) is 37.4 Å². The molecular formula is C23H27N3O4S. The van der Waals surface area contributed by atoms with Gasteiger partial charge in [-0.2, -0.15) is 0 Å². The normalized spacial score (nSPS) is 13.6. The lowest BCUT2D eigenvalue weighted by Crippen LogP contribution is -2.51. The van der Waals surface area contributed by atoms with Crippen molar-refractivity contribution in [2.24, 2.45) is 0 Å². The van der Waals surface area contributed by atoms with Crippen molar-refractivity contribution < 1.29 is 19.1 Å². The van der Waals surface area contributed by atoms with Crippen LogP contribution in [0.2, 0.25) is 0 Å². The number of nitrogens with zero attached hydrogens (tertiary/aromatic N) is 2. The lowest BCUT2D eigenvalue weighted by Gasteiger charge is -2.34. The molecule has 2 aromatic rings. The van der Waals surface area contributed by atoms with E-state index in [1.165, 1.54) is 11.8 Å². The number of thioether (sulfide) groups is 1. The highest BCUT2D eigenvalue weighted by atomic mass is 32.2. The molecule has 1 heterocycles. The second kappa shape index (κ2) is 10.9. The number of nitrogens with one attached hydrogen (secondary N) is 1. The molecule has 0 spiro atoms. The number of hydrogen-bond donors (Lipinski definition) is 1. The predicted octanol–water partition coefficient (Wildman–Crippen LogP) is 2.66. The second-order valence-electron chi connectivity index (χ2n) is 7.31. The molecular weight excluding hydrogens is 414 g/mol. The zero-order chi connectivity index (χ0) is 22.2. The summed E-state index contributed by atoms with van der Waals surface area (Å²) in [5.74, 6) is 0.987. The molecule has 0 atom stereocenters. The molecule has 3 rings (SSSR count). The molecule has 1 fully saturated rings. The lowest BCUT2D eigenvalue weighted by molar-refractivity contribution is -0.129. The minimum Gasteiger partial charge on any atom is -0.497 e. The van der Waals surface area contributed by atoms with Crippen LogP contribution in [0.15, 0.2) is 48.5 Å². The van der Waals surface area contributed by atoms with Gasteiger partial charge in [0.15, 0.2) is 0 Å². The Morgan fingerprint density at radius 2 is 1.65 bits per heavy atom. The Balaban J connectivity index is 1.38. The van der Waals surface area contributed by atoms with E-state index in [0.29, 0.717) is 37.5 Å². The van der Waals surface area contributed by atoms with Crippen LogP contribution in [-0.2, 0) is 9.59 Å². The maximum atomic E-state index is 12.6. The van der Waals surface area contributed by atoms with Crippen LogP contribution in [0.1, 0.15) is 15.9 Å². The van der Waals surface area contributed by atoms with E-state index in [1.807, 2.05) is 31.2 Å². The van der Waals surface area contributed by atoms with Gasteiger partial charge in [0.05, 0.1) is 18.6 Å². The Labute approximate surface area is 186 Å². The molecule has 0 aromatic heterocycles. The SMILES string of the molecule is COc1ccc(C(=O)N2CCN(C(=O)CSCC(=O)Nc3cccc(C)c3)CC2)cc1. The maximum absolute atomic E-state index is 12.6. The average molecular weight is 442 g/mol. The lowest BCUT2D eigenvalue weighted by atomic mass is 10.1. The Kier molecular flexibility index (Phi) is 7.94. The number of ether oxygens (including phenoxy) is 1. The number of aryl methyl sites for hydroxylation is 1. The van der Waals surface area contributed by atoms with E-state index < -0.39 is 0 Å². The van der Waals surface area contributed by atoms with E-state index in [1.54, 1.807) is 41.2 Å². The number of amides is 3. The first-order valence-electron chi connectivity index (χ1n) is 10.1. The van der Waals surface area contributed by atoms with Crippen molar-refractivity contribution in [1.82, 2.24) is 9.80 Å². The van der Waals surface area contributed by atoms with Crippen LogP contribution in [0.25, 0.3) is 0 Å². The fourth-order valence-corrected chi connectivity index (χ4v) is 4.03. The number of benzene rings is 2. The Bertz CT molecular complexity index is 925.